The third kappa shape index (κ3) is 5.62. The van der Waals surface area contributed by atoms with Gasteiger partial charge < -0.3 is 19.7 Å². The molecule has 0 radical (unpaired) electrons. The van der Waals surface area contributed by atoms with Crippen molar-refractivity contribution < 1.29 is 28.8 Å². The number of benzene rings is 1. The first kappa shape index (κ1) is 22.0. The fourth-order valence-corrected chi connectivity index (χ4v) is 3.59. The molecule has 1 heterocycles. The van der Waals surface area contributed by atoms with Crippen molar-refractivity contribution in [3.63, 3.8) is 0 Å². The van der Waals surface area contributed by atoms with Crippen LogP contribution in [0.15, 0.2) is 18.2 Å². The number of imide groups is 1. The minimum absolute atomic E-state index is 0.123. The molecular weight excluding hydrogens is 382 g/mol. The van der Waals surface area contributed by atoms with Crippen LogP contribution in [0.3, 0.4) is 0 Å². The molecule has 1 saturated heterocycles. The van der Waals surface area contributed by atoms with Crippen LogP contribution >= 0.6 is 11.8 Å². The lowest BCUT2D eigenvalue weighted by molar-refractivity contribution is -0.908. The number of likely N-dealkylation sites (N-methyl/N-ethyl adjacent to an activating group) is 1. The van der Waals surface area contributed by atoms with Crippen molar-refractivity contribution in [3.05, 3.63) is 23.8 Å². The number of hydrogen-bond donors (Lipinski definition) is 2. The van der Waals surface area contributed by atoms with Crippen LogP contribution in [0.1, 0.15) is 19.4 Å². The molecular formula is C19H28N3O5S+. The first-order valence-electron chi connectivity index (χ1n) is 9.24. The van der Waals surface area contributed by atoms with Gasteiger partial charge >= 0.3 is 0 Å². The summed E-state index contributed by atoms with van der Waals surface area (Å²) in [7, 11) is 3.54. The minimum atomic E-state index is -0.295. The Hall–Kier alpha value is -2.26. The Morgan fingerprint density at radius 1 is 1.36 bits per heavy atom. The van der Waals surface area contributed by atoms with Gasteiger partial charge in [-0.05, 0) is 32.0 Å². The van der Waals surface area contributed by atoms with Crippen LogP contribution < -0.4 is 19.7 Å². The molecule has 3 amide bonds. The fraction of sp³-hybridized carbons (Fsp3) is 0.526. The molecule has 9 heteroatoms. The number of thioether (sulfide) groups is 1. The minimum Gasteiger partial charge on any atom is -0.493 e. The number of nitrogens with one attached hydrogen (secondary N) is 2. The highest BCUT2D eigenvalue weighted by molar-refractivity contribution is 8.14. The van der Waals surface area contributed by atoms with Gasteiger partial charge in [0.25, 0.3) is 11.1 Å². The van der Waals surface area contributed by atoms with E-state index in [0.29, 0.717) is 24.7 Å². The van der Waals surface area contributed by atoms with Crippen molar-refractivity contribution in [1.82, 2.24) is 10.2 Å². The van der Waals surface area contributed by atoms with Crippen molar-refractivity contribution in [2.45, 2.75) is 26.4 Å². The molecule has 2 rings (SSSR count). The Bertz CT molecular complexity index is 712. The maximum atomic E-state index is 12.4. The van der Waals surface area contributed by atoms with E-state index >= 15 is 0 Å². The van der Waals surface area contributed by atoms with Gasteiger partial charge in [0.15, 0.2) is 17.5 Å². The largest absolute Gasteiger partial charge is 0.493 e. The zero-order valence-corrected chi connectivity index (χ0v) is 17.6. The lowest BCUT2D eigenvalue weighted by Gasteiger charge is -2.22. The highest BCUT2D eigenvalue weighted by atomic mass is 32.2. The Morgan fingerprint density at radius 3 is 2.71 bits per heavy atom. The van der Waals surface area contributed by atoms with E-state index in [1.807, 2.05) is 39.1 Å². The smallest absolute Gasteiger partial charge is 0.288 e. The number of carbonyl (C=O) groups excluding carboxylic acids is 3. The Labute approximate surface area is 169 Å². The summed E-state index contributed by atoms with van der Waals surface area (Å²) in [5, 5.41) is 2.56. The average molecular weight is 411 g/mol. The van der Waals surface area contributed by atoms with Crippen LogP contribution in [0.4, 0.5) is 4.79 Å². The molecule has 1 fully saturated rings. The maximum Gasteiger partial charge on any atom is 0.288 e. The molecule has 1 unspecified atom stereocenters. The molecule has 1 aromatic rings. The van der Waals surface area contributed by atoms with Crippen LogP contribution in [0, 0.1) is 0 Å². The molecule has 0 saturated carbocycles. The summed E-state index contributed by atoms with van der Waals surface area (Å²) >= 11 is 0.993. The average Bonchev–Trinajstić information content (AvgIpc) is 3.00. The second-order valence-corrected chi connectivity index (χ2v) is 7.48. The van der Waals surface area contributed by atoms with Crippen molar-refractivity contribution in [2.75, 3.05) is 39.6 Å². The molecule has 2 atom stereocenters. The van der Waals surface area contributed by atoms with Crippen molar-refractivity contribution in [1.29, 1.82) is 0 Å². The van der Waals surface area contributed by atoms with E-state index in [9.17, 15) is 14.4 Å². The molecule has 8 nitrogen and oxygen atoms in total. The van der Waals surface area contributed by atoms with Gasteiger partial charge in [0.2, 0.25) is 5.91 Å². The summed E-state index contributed by atoms with van der Waals surface area (Å²) in [6.07, 6.45) is 0. The predicted octanol–water partition coefficient (Wildman–Crippen LogP) is 0.309. The summed E-state index contributed by atoms with van der Waals surface area (Å²) in [6.45, 7) is 5.42. The number of nitrogens with zero attached hydrogens (tertiary/aromatic N) is 1. The van der Waals surface area contributed by atoms with E-state index in [0.717, 1.165) is 22.2 Å². The summed E-state index contributed by atoms with van der Waals surface area (Å²) in [5.41, 5.74) is 1.03. The van der Waals surface area contributed by atoms with E-state index < -0.39 is 0 Å². The van der Waals surface area contributed by atoms with Crippen molar-refractivity contribution >= 4 is 28.8 Å². The first-order valence-corrected chi connectivity index (χ1v) is 10.2. The van der Waals surface area contributed by atoms with Crippen LogP contribution in [-0.4, -0.2) is 67.6 Å². The fourth-order valence-electron chi connectivity index (χ4n) is 2.84. The summed E-state index contributed by atoms with van der Waals surface area (Å²) < 4.78 is 10.9. The standard InChI is InChI=1S/C19H27N3O5S/c1-5-27-15-7-6-14(10-16(15)26-4)11-21(3)13(2)18(24)20-8-9-22-17(23)12-28-19(22)25/h6-7,10,13H,5,8-9,11-12H2,1-4H3,(H,20,24)/p+1/t13-/m1/s1. The van der Waals surface area contributed by atoms with Gasteiger partial charge in [-0.2, -0.15) is 0 Å². The quantitative estimate of drug-likeness (QED) is 0.577. The summed E-state index contributed by atoms with van der Waals surface area (Å²) in [6, 6.07) is 5.46. The number of quaternary nitrogens is 1. The van der Waals surface area contributed by atoms with Gasteiger partial charge in [0.05, 0.1) is 26.5 Å². The highest BCUT2D eigenvalue weighted by Crippen LogP contribution is 2.27. The maximum absolute atomic E-state index is 12.4. The van der Waals surface area contributed by atoms with Crippen LogP contribution in [0.5, 0.6) is 11.5 Å². The third-order valence-electron chi connectivity index (χ3n) is 4.62. The zero-order chi connectivity index (χ0) is 20.7. The highest BCUT2D eigenvalue weighted by Gasteiger charge is 2.30. The number of methoxy groups -OCH3 is 1. The lowest BCUT2D eigenvalue weighted by atomic mass is 10.1. The van der Waals surface area contributed by atoms with Crippen molar-refractivity contribution in [3.8, 4) is 11.5 Å². The molecule has 28 heavy (non-hydrogen) atoms. The molecule has 2 N–H and O–H groups in total. The molecule has 0 bridgehead atoms. The number of amides is 3. The molecule has 0 spiro atoms. The second kappa shape index (κ2) is 10.3. The van der Waals surface area contributed by atoms with Crippen LogP contribution in [0.2, 0.25) is 0 Å². The van der Waals surface area contributed by atoms with Gasteiger partial charge in [0, 0.05) is 18.7 Å². The summed E-state index contributed by atoms with van der Waals surface area (Å²) in [4.78, 5) is 37.7. The second-order valence-electron chi connectivity index (χ2n) is 6.55. The number of carbonyl (C=O) groups is 3. The van der Waals surface area contributed by atoms with Gasteiger partial charge in [-0.25, -0.2) is 0 Å². The number of rotatable bonds is 10. The van der Waals surface area contributed by atoms with Crippen LogP contribution in [-0.2, 0) is 16.1 Å². The molecule has 0 aromatic heterocycles. The van der Waals surface area contributed by atoms with Gasteiger partial charge in [-0.1, -0.05) is 11.8 Å². The van der Waals surface area contributed by atoms with E-state index in [1.54, 1.807) is 7.11 Å². The van der Waals surface area contributed by atoms with E-state index in [1.165, 1.54) is 4.90 Å². The third-order valence-corrected chi connectivity index (χ3v) is 5.48. The predicted molar refractivity (Wildman–Crippen MR) is 107 cm³/mol. The van der Waals surface area contributed by atoms with Gasteiger partial charge in [-0.15, -0.1) is 0 Å². The first-order chi connectivity index (χ1) is 13.4. The SMILES string of the molecule is CCOc1ccc(C[NH+](C)[C@H](C)C(=O)NCCN2C(=O)CSC2=O)cc1OC. The van der Waals surface area contributed by atoms with Gasteiger partial charge in [0.1, 0.15) is 6.54 Å². The lowest BCUT2D eigenvalue weighted by Crippen LogP contribution is -3.12. The van der Waals surface area contributed by atoms with Crippen LogP contribution in [0.25, 0.3) is 0 Å². The van der Waals surface area contributed by atoms with Crippen molar-refractivity contribution in [2.24, 2.45) is 0 Å². The normalized spacial score (nSPS) is 16.1. The summed E-state index contributed by atoms with van der Waals surface area (Å²) in [5.74, 6) is 1.22. The zero-order valence-electron chi connectivity index (χ0n) is 16.7. The number of hydrogen-bond acceptors (Lipinski definition) is 6. The molecule has 0 aliphatic carbocycles. The molecule has 1 aromatic carbocycles. The molecule has 1 aliphatic heterocycles. The van der Waals surface area contributed by atoms with E-state index in [4.69, 9.17) is 9.47 Å². The topological polar surface area (TPSA) is 89.4 Å². The molecule has 1 aliphatic rings. The Kier molecular flexibility index (Phi) is 8.13. The van der Waals surface area contributed by atoms with E-state index in [2.05, 4.69) is 5.32 Å². The van der Waals surface area contributed by atoms with Gasteiger partial charge in [-0.3, -0.25) is 19.3 Å². The van der Waals surface area contributed by atoms with E-state index in [-0.39, 0.29) is 41.9 Å². The number of ether oxygens (including phenoxy) is 2. The Morgan fingerprint density at radius 2 is 2.11 bits per heavy atom. The molecule has 154 valence electrons. The Balaban J connectivity index is 1.85. The monoisotopic (exact) mass is 410 g/mol.